The highest BCUT2D eigenvalue weighted by Crippen LogP contribution is 2.30. The summed E-state index contributed by atoms with van der Waals surface area (Å²) in [6, 6.07) is 16.7. The van der Waals surface area contributed by atoms with E-state index < -0.39 is 5.63 Å². The average molecular weight is 349 g/mol. The first-order valence-corrected chi connectivity index (χ1v) is 8.83. The SMILES string of the molecule is CCc1ccc(NC(=O)c2cc3c(=O)oc4ccccc4c3s2)cc1. The molecule has 0 aliphatic heterocycles. The summed E-state index contributed by atoms with van der Waals surface area (Å²) in [6.45, 7) is 2.08. The van der Waals surface area contributed by atoms with Crippen molar-refractivity contribution in [3.8, 4) is 0 Å². The van der Waals surface area contributed by atoms with Gasteiger partial charge in [0.25, 0.3) is 5.91 Å². The molecule has 1 N–H and O–H groups in total. The predicted octanol–water partition coefficient (Wildman–Crippen LogP) is 4.82. The van der Waals surface area contributed by atoms with Gasteiger partial charge < -0.3 is 9.73 Å². The Morgan fingerprint density at radius 3 is 2.60 bits per heavy atom. The molecule has 2 aromatic carbocycles. The lowest BCUT2D eigenvalue weighted by Crippen LogP contribution is -2.10. The molecule has 0 spiro atoms. The topological polar surface area (TPSA) is 59.3 Å². The van der Waals surface area contributed by atoms with Gasteiger partial charge in [-0.25, -0.2) is 4.79 Å². The zero-order valence-electron chi connectivity index (χ0n) is 13.5. The normalized spacial score (nSPS) is 11.1. The first-order chi connectivity index (χ1) is 12.2. The molecule has 0 fully saturated rings. The van der Waals surface area contributed by atoms with Crippen LogP contribution in [0.25, 0.3) is 21.1 Å². The Labute approximate surface area is 147 Å². The van der Waals surface area contributed by atoms with Gasteiger partial charge in [-0.2, -0.15) is 0 Å². The molecule has 0 atom stereocenters. The number of hydrogen-bond donors (Lipinski definition) is 1. The standard InChI is InChI=1S/C20H15NO3S/c1-2-12-7-9-13(10-8-12)21-19(22)17-11-15-18(25-17)14-5-3-4-6-16(14)24-20(15)23/h3-11H,2H2,1H3,(H,21,22). The highest BCUT2D eigenvalue weighted by atomic mass is 32.1. The second-order valence-corrected chi connectivity index (χ2v) is 6.80. The van der Waals surface area contributed by atoms with Gasteiger partial charge in [-0.3, -0.25) is 4.79 Å². The van der Waals surface area contributed by atoms with Crippen molar-refractivity contribution in [2.45, 2.75) is 13.3 Å². The average Bonchev–Trinajstić information content (AvgIpc) is 3.09. The monoisotopic (exact) mass is 349 g/mol. The van der Waals surface area contributed by atoms with E-state index in [2.05, 4.69) is 12.2 Å². The van der Waals surface area contributed by atoms with Crippen molar-refractivity contribution >= 4 is 44.0 Å². The number of hydrogen-bond acceptors (Lipinski definition) is 4. The Kier molecular flexibility index (Phi) is 3.86. The van der Waals surface area contributed by atoms with Gasteiger partial charge in [0, 0.05) is 11.1 Å². The number of para-hydroxylation sites is 1. The summed E-state index contributed by atoms with van der Waals surface area (Å²) in [4.78, 5) is 25.2. The van der Waals surface area contributed by atoms with Crippen molar-refractivity contribution in [2.75, 3.05) is 5.32 Å². The molecule has 0 radical (unpaired) electrons. The van der Waals surface area contributed by atoms with E-state index in [9.17, 15) is 9.59 Å². The molecule has 4 aromatic rings. The summed E-state index contributed by atoms with van der Waals surface area (Å²) in [7, 11) is 0. The number of amides is 1. The van der Waals surface area contributed by atoms with Crippen LogP contribution < -0.4 is 10.9 Å². The Morgan fingerprint density at radius 2 is 1.84 bits per heavy atom. The van der Waals surface area contributed by atoms with Gasteiger partial charge in [0.15, 0.2) is 0 Å². The summed E-state index contributed by atoms with van der Waals surface area (Å²) in [6.07, 6.45) is 0.952. The number of carbonyl (C=O) groups is 1. The Hall–Kier alpha value is -2.92. The van der Waals surface area contributed by atoms with E-state index in [4.69, 9.17) is 4.42 Å². The number of nitrogens with one attached hydrogen (secondary N) is 1. The van der Waals surface area contributed by atoms with Crippen molar-refractivity contribution in [3.05, 3.63) is 75.5 Å². The number of rotatable bonds is 3. The highest BCUT2D eigenvalue weighted by molar-refractivity contribution is 7.21. The van der Waals surface area contributed by atoms with E-state index in [0.717, 1.165) is 22.2 Å². The first-order valence-electron chi connectivity index (χ1n) is 8.01. The molecule has 0 aliphatic rings. The van der Waals surface area contributed by atoms with Crippen LogP contribution in [0.1, 0.15) is 22.2 Å². The second-order valence-electron chi connectivity index (χ2n) is 5.74. The molecule has 0 unspecified atom stereocenters. The molecule has 4 nitrogen and oxygen atoms in total. The molecule has 0 bridgehead atoms. The van der Waals surface area contributed by atoms with Crippen molar-refractivity contribution in [1.29, 1.82) is 0 Å². The number of anilines is 1. The minimum absolute atomic E-state index is 0.228. The van der Waals surface area contributed by atoms with Crippen LogP contribution in [0, 0.1) is 0 Å². The quantitative estimate of drug-likeness (QED) is 0.539. The molecule has 2 aromatic heterocycles. The zero-order valence-corrected chi connectivity index (χ0v) is 14.4. The second kappa shape index (κ2) is 6.18. The third kappa shape index (κ3) is 2.83. The number of aryl methyl sites for hydroxylation is 1. The van der Waals surface area contributed by atoms with Gasteiger partial charge in [0.2, 0.25) is 0 Å². The van der Waals surface area contributed by atoms with Crippen molar-refractivity contribution in [1.82, 2.24) is 0 Å². The molecular formula is C20H15NO3S. The van der Waals surface area contributed by atoms with Crippen LogP contribution in [-0.4, -0.2) is 5.91 Å². The van der Waals surface area contributed by atoms with E-state index in [1.54, 1.807) is 12.1 Å². The molecule has 5 heteroatoms. The van der Waals surface area contributed by atoms with Crippen LogP contribution in [0.15, 0.2) is 63.8 Å². The van der Waals surface area contributed by atoms with Crippen LogP contribution in [0.4, 0.5) is 5.69 Å². The Balaban J connectivity index is 1.73. The smallest absolute Gasteiger partial charge is 0.345 e. The summed E-state index contributed by atoms with van der Waals surface area (Å²) >= 11 is 1.30. The zero-order chi connectivity index (χ0) is 17.4. The molecule has 124 valence electrons. The lowest BCUT2D eigenvalue weighted by molar-refractivity contribution is 0.103. The molecule has 1 amide bonds. The fraction of sp³-hybridized carbons (Fsp3) is 0.100. The summed E-state index contributed by atoms with van der Waals surface area (Å²) in [5, 5.41) is 4.16. The fourth-order valence-corrected chi connectivity index (χ4v) is 3.84. The van der Waals surface area contributed by atoms with Crippen LogP contribution in [0.2, 0.25) is 0 Å². The van der Waals surface area contributed by atoms with Gasteiger partial charge in [0.1, 0.15) is 5.58 Å². The third-order valence-corrected chi connectivity index (χ3v) is 5.30. The minimum Gasteiger partial charge on any atom is -0.422 e. The molecule has 0 saturated carbocycles. The van der Waals surface area contributed by atoms with Crippen LogP contribution in [-0.2, 0) is 6.42 Å². The number of benzene rings is 2. The Bertz CT molecular complexity index is 1140. The van der Waals surface area contributed by atoms with E-state index in [1.807, 2.05) is 42.5 Å². The van der Waals surface area contributed by atoms with Crippen molar-refractivity contribution in [3.63, 3.8) is 0 Å². The molecule has 0 aliphatic carbocycles. The molecule has 25 heavy (non-hydrogen) atoms. The highest BCUT2D eigenvalue weighted by Gasteiger charge is 2.16. The van der Waals surface area contributed by atoms with E-state index in [1.165, 1.54) is 16.9 Å². The van der Waals surface area contributed by atoms with E-state index in [-0.39, 0.29) is 5.91 Å². The van der Waals surface area contributed by atoms with Gasteiger partial charge in [-0.1, -0.05) is 31.2 Å². The maximum absolute atomic E-state index is 12.6. The van der Waals surface area contributed by atoms with Crippen LogP contribution in [0.5, 0.6) is 0 Å². The van der Waals surface area contributed by atoms with Gasteiger partial charge in [-0.05, 0) is 42.3 Å². The number of carbonyl (C=O) groups excluding carboxylic acids is 1. The van der Waals surface area contributed by atoms with Crippen LogP contribution >= 0.6 is 11.3 Å². The molecule has 2 heterocycles. The minimum atomic E-state index is -0.420. The number of thiophene rings is 1. The third-order valence-electron chi connectivity index (χ3n) is 4.13. The first kappa shape index (κ1) is 15.6. The van der Waals surface area contributed by atoms with Crippen molar-refractivity contribution < 1.29 is 9.21 Å². The van der Waals surface area contributed by atoms with Gasteiger partial charge >= 0.3 is 5.63 Å². The molecule has 4 rings (SSSR count). The number of fused-ring (bicyclic) bond motifs is 3. The van der Waals surface area contributed by atoms with Gasteiger partial charge in [0.05, 0.1) is 15.0 Å². The fourth-order valence-electron chi connectivity index (χ4n) is 2.77. The largest absolute Gasteiger partial charge is 0.422 e. The maximum Gasteiger partial charge on any atom is 0.345 e. The predicted molar refractivity (Wildman–Crippen MR) is 102 cm³/mol. The van der Waals surface area contributed by atoms with Crippen LogP contribution in [0.3, 0.4) is 0 Å². The van der Waals surface area contributed by atoms with Crippen molar-refractivity contribution in [2.24, 2.45) is 0 Å². The summed E-state index contributed by atoms with van der Waals surface area (Å²) in [5.74, 6) is -0.228. The van der Waals surface area contributed by atoms with Gasteiger partial charge in [-0.15, -0.1) is 11.3 Å². The summed E-state index contributed by atoms with van der Waals surface area (Å²) < 4.78 is 6.11. The molecule has 0 saturated heterocycles. The maximum atomic E-state index is 12.6. The van der Waals surface area contributed by atoms with E-state index in [0.29, 0.717) is 15.8 Å². The summed E-state index contributed by atoms with van der Waals surface area (Å²) in [5.41, 5.74) is 2.06. The lowest BCUT2D eigenvalue weighted by Gasteiger charge is -2.04. The molecular weight excluding hydrogens is 334 g/mol. The lowest BCUT2D eigenvalue weighted by atomic mass is 10.1. The van der Waals surface area contributed by atoms with E-state index >= 15 is 0 Å². The Morgan fingerprint density at radius 1 is 1.08 bits per heavy atom.